The molecule has 1 aliphatic heterocycles. The Bertz CT molecular complexity index is 846. The number of hydrogen-bond donors (Lipinski definition) is 1. The molecule has 3 aromatic rings. The van der Waals surface area contributed by atoms with Crippen LogP contribution in [-0.2, 0) is 24.4 Å². The minimum absolute atomic E-state index is 0.304. The molecule has 4 heterocycles. The predicted octanol–water partition coefficient (Wildman–Crippen LogP) is 1.88. The first-order chi connectivity index (χ1) is 12.8. The smallest absolute Gasteiger partial charge is 0.217 e. The first-order valence-corrected chi connectivity index (χ1v) is 8.56. The highest BCUT2D eigenvalue weighted by atomic mass is 16.5. The summed E-state index contributed by atoms with van der Waals surface area (Å²) in [4.78, 5) is 4.22. The fourth-order valence-electron chi connectivity index (χ4n) is 3.14. The Balaban J connectivity index is 1.39. The molecule has 0 bridgehead atoms. The zero-order chi connectivity index (χ0) is 17.8. The van der Waals surface area contributed by atoms with Crippen molar-refractivity contribution in [3.8, 4) is 17.1 Å². The van der Waals surface area contributed by atoms with Crippen molar-refractivity contribution in [2.45, 2.75) is 19.7 Å². The van der Waals surface area contributed by atoms with Gasteiger partial charge in [-0.1, -0.05) is 11.3 Å². The van der Waals surface area contributed by atoms with E-state index in [1.165, 1.54) is 0 Å². The third-order valence-electron chi connectivity index (χ3n) is 4.45. The van der Waals surface area contributed by atoms with Crippen LogP contribution < -0.4 is 10.1 Å². The van der Waals surface area contributed by atoms with Crippen molar-refractivity contribution in [1.29, 1.82) is 0 Å². The number of fused-ring (bicyclic) bond motifs is 1. The Kier molecular flexibility index (Phi) is 4.94. The number of nitrogens with zero attached hydrogens (tertiary/aromatic N) is 4. The summed E-state index contributed by atoms with van der Waals surface area (Å²) in [5.41, 5.74) is 3.78. The van der Waals surface area contributed by atoms with Crippen molar-refractivity contribution in [1.82, 2.24) is 25.3 Å². The number of aromatic nitrogens is 4. The summed E-state index contributed by atoms with van der Waals surface area (Å²) >= 11 is 0. The Morgan fingerprint density at radius 1 is 1.38 bits per heavy atom. The predicted molar refractivity (Wildman–Crippen MR) is 93.4 cm³/mol. The van der Waals surface area contributed by atoms with Crippen LogP contribution in [0.2, 0.25) is 0 Å². The molecule has 3 aromatic heterocycles. The highest BCUT2D eigenvalue weighted by molar-refractivity contribution is 5.59. The fraction of sp³-hybridized carbons (Fsp3) is 0.389. The Hall–Kier alpha value is -2.71. The molecular weight excluding hydrogens is 334 g/mol. The molecule has 0 amide bonds. The van der Waals surface area contributed by atoms with Gasteiger partial charge in [-0.05, 0) is 12.1 Å². The molecule has 4 rings (SSSR count). The number of hydrogen-bond acceptors (Lipinski definition) is 7. The van der Waals surface area contributed by atoms with Gasteiger partial charge < -0.3 is 19.2 Å². The maximum Gasteiger partial charge on any atom is 0.217 e. The number of ether oxygens (including phenoxy) is 2. The second-order valence-electron chi connectivity index (χ2n) is 6.26. The molecule has 0 saturated heterocycles. The molecule has 0 spiro atoms. The second-order valence-corrected chi connectivity index (χ2v) is 6.26. The average molecular weight is 355 g/mol. The van der Waals surface area contributed by atoms with Gasteiger partial charge in [0.25, 0.3) is 0 Å². The lowest BCUT2D eigenvalue weighted by Gasteiger charge is -2.15. The molecule has 0 saturated carbocycles. The van der Waals surface area contributed by atoms with E-state index >= 15 is 0 Å². The van der Waals surface area contributed by atoms with E-state index in [1.54, 1.807) is 25.8 Å². The van der Waals surface area contributed by atoms with E-state index in [0.717, 1.165) is 35.6 Å². The van der Waals surface area contributed by atoms with Crippen LogP contribution in [-0.4, -0.2) is 40.2 Å². The van der Waals surface area contributed by atoms with E-state index in [4.69, 9.17) is 13.9 Å². The first kappa shape index (κ1) is 16.7. The Morgan fingerprint density at radius 3 is 3.19 bits per heavy atom. The summed E-state index contributed by atoms with van der Waals surface area (Å²) in [7, 11) is 1.63. The van der Waals surface area contributed by atoms with E-state index in [-0.39, 0.29) is 0 Å². The van der Waals surface area contributed by atoms with Crippen molar-refractivity contribution in [2.24, 2.45) is 5.92 Å². The van der Waals surface area contributed by atoms with Crippen molar-refractivity contribution in [3.63, 3.8) is 0 Å². The molecule has 0 fully saturated rings. The number of furan rings is 1. The highest BCUT2D eigenvalue weighted by Gasteiger charge is 2.22. The first-order valence-electron chi connectivity index (χ1n) is 8.56. The molecule has 1 N–H and O–H groups in total. The van der Waals surface area contributed by atoms with Gasteiger partial charge in [-0.15, -0.1) is 5.10 Å². The Labute approximate surface area is 151 Å². The number of pyridine rings is 1. The van der Waals surface area contributed by atoms with Gasteiger partial charge in [-0.2, -0.15) is 0 Å². The van der Waals surface area contributed by atoms with Gasteiger partial charge in [-0.25, -0.2) is 9.67 Å². The third-order valence-corrected chi connectivity index (χ3v) is 4.45. The zero-order valence-electron chi connectivity index (χ0n) is 14.6. The summed E-state index contributed by atoms with van der Waals surface area (Å²) in [5.74, 6) is 0.957. The summed E-state index contributed by atoms with van der Waals surface area (Å²) in [6, 6.07) is 5.80. The van der Waals surface area contributed by atoms with Crippen LogP contribution in [0.15, 0.2) is 41.3 Å². The molecule has 136 valence electrons. The molecule has 8 nitrogen and oxygen atoms in total. The van der Waals surface area contributed by atoms with Crippen LogP contribution in [0.4, 0.5) is 0 Å². The summed E-state index contributed by atoms with van der Waals surface area (Å²) < 4.78 is 18.2. The van der Waals surface area contributed by atoms with E-state index in [0.29, 0.717) is 31.6 Å². The van der Waals surface area contributed by atoms with Crippen LogP contribution in [0.1, 0.15) is 11.3 Å². The number of nitrogens with one attached hydrogen (secondary N) is 1. The molecule has 1 unspecified atom stereocenters. The molecule has 1 aliphatic rings. The lowest BCUT2D eigenvalue weighted by molar-refractivity contribution is 0.0941. The van der Waals surface area contributed by atoms with Crippen molar-refractivity contribution in [3.05, 3.63) is 48.2 Å². The molecule has 8 heteroatoms. The monoisotopic (exact) mass is 355 g/mol. The third kappa shape index (κ3) is 3.47. The minimum atomic E-state index is 0.304. The van der Waals surface area contributed by atoms with Crippen molar-refractivity contribution < 1.29 is 13.9 Å². The SMILES string of the molecule is COc1ncccc1CNCC1COCc2c(-c3ccoc3)nnn2C1. The van der Waals surface area contributed by atoms with Gasteiger partial charge >= 0.3 is 0 Å². The largest absolute Gasteiger partial charge is 0.481 e. The molecule has 0 aromatic carbocycles. The van der Waals surface area contributed by atoms with Crippen LogP contribution in [0.5, 0.6) is 5.88 Å². The van der Waals surface area contributed by atoms with Gasteiger partial charge in [0.15, 0.2) is 0 Å². The molecule has 0 aliphatic carbocycles. The van der Waals surface area contributed by atoms with Crippen molar-refractivity contribution >= 4 is 0 Å². The summed E-state index contributed by atoms with van der Waals surface area (Å²) in [5, 5.41) is 12.1. The molecular formula is C18H21N5O3. The average Bonchev–Trinajstić information content (AvgIpc) is 3.28. The van der Waals surface area contributed by atoms with Crippen LogP contribution in [0.3, 0.4) is 0 Å². The van der Waals surface area contributed by atoms with E-state index in [2.05, 4.69) is 20.6 Å². The standard InChI is InChI=1S/C18H21N5O3/c1-24-18-14(3-2-5-20-18)8-19-7-13-9-23-16(12-26-10-13)17(21-22-23)15-4-6-25-11-15/h2-6,11,13,19H,7-10,12H2,1H3. The lowest BCUT2D eigenvalue weighted by Crippen LogP contribution is -2.28. The maximum absolute atomic E-state index is 5.87. The van der Waals surface area contributed by atoms with Crippen LogP contribution in [0.25, 0.3) is 11.3 Å². The molecule has 0 radical (unpaired) electrons. The van der Waals surface area contributed by atoms with Gasteiger partial charge in [0.2, 0.25) is 5.88 Å². The maximum atomic E-state index is 5.87. The van der Waals surface area contributed by atoms with E-state index in [9.17, 15) is 0 Å². The highest BCUT2D eigenvalue weighted by Crippen LogP contribution is 2.24. The topological polar surface area (TPSA) is 87.2 Å². The summed E-state index contributed by atoms with van der Waals surface area (Å²) in [6.45, 7) is 3.43. The van der Waals surface area contributed by atoms with Gasteiger partial charge in [0, 0.05) is 42.9 Å². The van der Waals surface area contributed by atoms with E-state index in [1.807, 2.05) is 22.9 Å². The van der Waals surface area contributed by atoms with E-state index < -0.39 is 0 Å². The van der Waals surface area contributed by atoms with Crippen molar-refractivity contribution in [2.75, 3.05) is 20.3 Å². The van der Waals surface area contributed by atoms with Crippen LogP contribution in [0, 0.1) is 5.92 Å². The van der Waals surface area contributed by atoms with Crippen LogP contribution >= 0.6 is 0 Å². The Morgan fingerprint density at radius 2 is 2.35 bits per heavy atom. The summed E-state index contributed by atoms with van der Waals surface area (Å²) in [6.07, 6.45) is 5.04. The zero-order valence-corrected chi connectivity index (χ0v) is 14.6. The lowest BCUT2D eigenvalue weighted by atomic mass is 10.1. The van der Waals surface area contributed by atoms with Gasteiger partial charge in [0.05, 0.1) is 38.5 Å². The number of rotatable bonds is 6. The minimum Gasteiger partial charge on any atom is -0.481 e. The number of methoxy groups -OCH3 is 1. The normalized spacial score (nSPS) is 16.9. The van der Waals surface area contributed by atoms with Gasteiger partial charge in [-0.3, -0.25) is 0 Å². The quantitative estimate of drug-likeness (QED) is 0.722. The molecule has 1 atom stereocenters. The fourth-order valence-corrected chi connectivity index (χ4v) is 3.14. The second kappa shape index (κ2) is 7.67. The van der Waals surface area contributed by atoms with Gasteiger partial charge in [0.1, 0.15) is 5.69 Å². The molecule has 26 heavy (non-hydrogen) atoms.